The highest BCUT2D eigenvalue weighted by molar-refractivity contribution is 6.06. The van der Waals surface area contributed by atoms with Crippen LogP contribution in [-0.2, 0) is 19.9 Å². The molecule has 1 aromatic rings. The van der Waals surface area contributed by atoms with Crippen LogP contribution in [0, 0.1) is 16.7 Å². The van der Waals surface area contributed by atoms with Gasteiger partial charge in [-0.3, -0.25) is 9.59 Å². The Morgan fingerprint density at radius 3 is 2.64 bits per heavy atom. The number of amides is 2. The second-order valence-corrected chi connectivity index (χ2v) is 9.29. The number of rotatable bonds is 1. The molecule has 1 N–H and O–H groups in total. The van der Waals surface area contributed by atoms with E-state index in [2.05, 4.69) is 11.9 Å². The van der Waals surface area contributed by atoms with Crippen molar-refractivity contribution in [1.82, 2.24) is 5.32 Å². The third-order valence-corrected chi connectivity index (χ3v) is 7.97. The fourth-order valence-corrected chi connectivity index (χ4v) is 6.27. The van der Waals surface area contributed by atoms with E-state index < -0.39 is 34.5 Å². The Bertz CT molecular complexity index is 983. The van der Waals surface area contributed by atoms with Crippen molar-refractivity contribution in [3.8, 4) is 0 Å². The number of ether oxygens (including phenoxy) is 1. The van der Waals surface area contributed by atoms with Crippen LogP contribution in [0.3, 0.4) is 0 Å². The average Bonchev–Trinajstić information content (AvgIpc) is 3.12. The molecule has 0 aromatic heterocycles. The summed E-state index contributed by atoms with van der Waals surface area (Å²) in [5, 5.41) is 3.03. The lowest BCUT2D eigenvalue weighted by Crippen LogP contribution is -2.65. The molecule has 6 heteroatoms. The van der Waals surface area contributed by atoms with Gasteiger partial charge in [-0.25, -0.2) is 4.79 Å². The van der Waals surface area contributed by atoms with Gasteiger partial charge in [0, 0.05) is 25.1 Å². The number of alkyl carbamates (subject to hydrolysis) is 1. The Labute approximate surface area is 163 Å². The van der Waals surface area contributed by atoms with Gasteiger partial charge < -0.3 is 15.0 Å². The van der Waals surface area contributed by atoms with Crippen molar-refractivity contribution in [2.45, 2.75) is 44.8 Å². The predicted octanol–water partition coefficient (Wildman–Crippen LogP) is 2.87. The number of likely N-dealkylation sites (N-methyl/N-ethyl adjacent to an activating group) is 1. The molecule has 6 nitrogen and oxygen atoms in total. The third-order valence-electron chi connectivity index (χ3n) is 7.97. The summed E-state index contributed by atoms with van der Waals surface area (Å²) in [5.74, 6) is -0.640. The number of nitrogens with zero attached hydrogens (tertiary/aromatic N) is 1. The first-order valence-electron chi connectivity index (χ1n) is 9.68. The number of carbonyl (C=O) groups is 3. The molecule has 5 atom stereocenters. The van der Waals surface area contributed by atoms with Crippen molar-refractivity contribution in [3.63, 3.8) is 0 Å². The van der Waals surface area contributed by atoms with E-state index in [4.69, 9.17) is 4.74 Å². The normalized spacial score (nSPS) is 39.6. The summed E-state index contributed by atoms with van der Waals surface area (Å²) in [5.41, 5.74) is -0.139. The Kier molecular flexibility index (Phi) is 3.03. The first-order chi connectivity index (χ1) is 13.1. The third kappa shape index (κ3) is 1.57. The van der Waals surface area contributed by atoms with Crippen LogP contribution in [0.5, 0.6) is 0 Å². The summed E-state index contributed by atoms with van der Waals surface area (Å²) in [7, 11) is 1.79. The number of anilines is 1. The van der Waals surface area contributed by atoms with E-state index in [9.17, 15) is 14.4 Å². The van der Waals surface area contributed by atoms with Crippen LogP contribution in [0.4, 0.5) is 10.5 Å². The van der Waals surface area contributed by atoms with Gasteiger partial charge in [0.1, 0.15) is 17.4 Å². The highest BCUT2D eigenvalue weighted by Crippen LogP contribution is 2.66. The van der Waals surface area contributed by atoms with Gasteiger partial charge in [0.05, 0.1) is 11.3 Å². The van der Waals surface area contributed by atoms with Crippen molar-refractivity contribution < 1.29 is 19.1 Å². The van der Waals surface area contributed by atoms with Gasteiger partial charge in [-0.05, 0) is 29.5 Å². The van der Waals surface area contributed by atoms with E-state index in [0.29, 0.717) is 0 Å². The van der Waals surface area contributed by atoms with Crippen LogP contribution in [-0.4, -0.2) is 30.9 Å². The molecule has 1 saturated carbocycles. The first kappa shape index (κ1) is 17.5. The summed E-state index contributed by atoms with van der Waals surface area (Å²) in [6, 6.07) is 5.74. The summed E-state index contributed by atoms with van der Waals surface area (Å²) >= 11 is 0. The zero-order chi connectivity index (χ0) is 20.2. The number of hydrogen-bond donors (Lipinski definition) is 1. The van der Waals surface area contributed by atoms with Gasteiger partial charge in [0.15, 0.2) is 0 Å². The Morgan fingerprint density at radius 2 is 1.96 bits per heavy atom. The molecule has 2 heterocycles. The number of hydrogen-bond acceptors (Lipinski definition) is 4. The molecule has 2 amide bonds. The first-order valence-corrected chi connectivity index (χ1v) is 9.68. The Morgan fingerprint density at radius 1 is 1.25 bits per heavy atom. The van der Waals surface area contributed by atoms with Crippen LogP contribution in [0.1, 0.15) is 44.2 Å². The molecule has 2 aliphatic heterocycles. The molecule has 0 spiro atoms. The summed E-state index contributed by atoms with van der Waals surface area (Å²) in [6.45, 7) is 9.82. The standard InChI is InChI=1S/C22H24N2O4/c1-6-21(4)14(25)10-12-17-22(21,23-19(27)28-17)11-8-7-9-13-15(11)16(20(12,2)3)18(26)24(13)5/h6-9,12,16-17H,1,10H2,2-5H3,(H,23,27)/t12-,16?,17?,21+,22-/m0/s1. The molecule has 2 aliphatic carbocycles. The lowest BCUT2D eigenvalue weighted by molar-refractivity contribution is -0.147. The lowest BCUT2D eigenvalue weighted by Gasteiger charge is -2.53. The van der Waals surface area contributed by atoms with E-state index in [1.54, 1.807) is 18.0 Å². The topological polar surface area (TPSA) is 75.7 Å². The van der Waals surface area contributed by atoms with E-state index in [1.807, 2.05) is 39.0 Å². The van der Waals surface area contributed by atoms with Gasteiger partial charge in [0.25, 0.3) is 0 Å². The van der Waals surface area contributed by atoms with Crippen LogP contribution in [0.2, 0.25) is 0 Å². The molecule has 5 rings (SSSR count). The highest BCUT2D eigenvalue weighted by Gasteiger charge is 2.73. The fraction of sp³-hybridized carbons (Fsp3) is 0.500. The van der Waals surface area contributed by atoms with Gasteiger partial charge in [-0.15, -0.1) is 6.58 Å². The number of nitrogens with one attached hydrogen (secondary N) is 1. The molecule has 0 radical (unpaired) electrons. The minimum absolute atomic E-state index is 0.0148. The molecule has 28 heavy (non-hydrogen) atoms. The Hall–Kier alpha value is -2.63. The molecule has 1 saturated heterocycles. The van der Waals surface area contributed by atoms with Crippen LogP contribution < -0.4 is 10.2 Å². The molecular formula is C22H24N2O4. The maximum absolute atomic E-state index is 13.4. The van der Waals surface area contributed by atoms with Crippen LogP contribution >= 0.6 is 0 Å². The molecule has 2 bridgehead atoms. The molecular weight excluding hydrogens is 356 g/mol. The summed E-state index contributed by atoms with van der Waals surface area (Å²) in [4.78, 5) is 41.0. The summed E-state index contributed by atoms with van der Waals surface area (Å²) < 4.78 is 5.84. The van der Waals surface area contributed by atoms with Gasteiger partial charge >= 0.3 is 6.09 Å². The average molecular weight is 380 g/mol. The predicted molar refractivity (Wildman–Crippen MR) is 103 cm³/mol. The number of ketones is 1. The molecule has 2 fully saturated rings. The van der Waals surface area contributed by atoms with Crippen LogP contribution in [0.15, 0.2) is 30.9 Å². The van der Waals surface area contributed by atoms with Gasteiger partial charge in [0.2, 0.25) is 5.91 Å². The second-order valence-electron chi connectivity index (χ2n) is 9.29. The quantitative estimate of drug-likeness (QED) is 0.760. The molecule has 146 valence electrons. The van der Waals surface area contributed by atoms with Gasteiger partial charge in [-0.2, -0.15) is 0 Å². The monoisotopic (exact) mass is 380 g/mol. The number of Topliss-reactive ketones (excluding diaryl/α,β-unsaturated/α-hetero) is 1. The van der Waals surface area contributed by atoms with Crippen molar-refractivity contribution >= 4 is 23.5 Å². The molecule has 4 aliphatic rings. The summed E-state index contributed by atoms with van der Waals surface area (Å²) in [6.07, 6.45) is 0.808. The maximum Gasteiger partial charge on any atom is 0.408 e. The zero-order valence-corrected chi connectivity index (χ0v) is 16.5. The maximum atomic E-state index is 13.4. The van der Waals surface area contributed by atoms with E-state index in [1.165, 1.54) is 0 Å². The largest absolute Gasteiger partial charge is 0.443 e. The smallest absolute Gasteiger partial charge is 0.408 e. The number of carbonyl (C=O) groups excluding carboxylic acids is 3. The van der Waals surface area contributed by atoms with E-state index >= 15 is 0 Å². The van der Waals surface area contributed by atoms with E-state index in [0.717, 1.165) is 16.8 Å². The van der Waals surface area contributed by atoms with E-state index in [-0.39, 0.29) is 24.0 Å². The SMILES string of the molecule is C=C[C@]1(C)C(=O)C[C@H]2C3OC(=O)N[C@@]31c1cccc3c1C(C(=O)N3C)C2(C)C. The van der Waals surface area contributed by atoms with Crippen molar-refractivity contribution in [1.29, 1.82) is 0 Å². The zero-order valence-electron chi connectivity index (χ0n) is 16.5. The van der Waals surface area contributed by atoms with Crippen molar-refractivity contribution in [3.05, 3.63) is 42.0 Å². The molecule has 2 unspecified atom stereocenters. The Balaban J connectivity index is 1.96. The minimum Gasteiger partial charge on any atom is -0.443 e. The fourth-order valence-electron chi connectivity index (χ4n) is 6.27. The van der Waals surface area contributed by atoms with Gasteiger partial charge in [-0.1, -0.05) is 32.1 Å². The molecule has 1 aromatic carbocycles. The lowest BCUT2D eigenvalue weighted by atomic mass is 9.52. The van der Waals surface area contributed by atoms with Crippen LogP contribution in [0.25, 0.3) is 0 Å². The second kappa shape index (κ2) is 4.85. The van der Waals surface area contributed by atoms with Crippen molar-refractivity contribution in [2.24, 2.45) is 16.7 Å². The van der Waals surface area contributed by atoms with Crippen molar-refractivity contribution in [2.75, 3.05) is 11.9 Å². The number of benzene rings is 1. The highest BCUT2D eigenvalue weighted by atomic mass is 16.6. The minimum atomic E-state index is -1.07.